The van der Waals surface area contributed by atoms with Crippen LogP contribution in [0.25, 0.3) is 33.3 Å². The van der Waals surface area contributed by atoms with Crippen LogP contribution in [0.4, 0.5) is 0 Å². The summed E-state index contributed by atoms with van der Waals surface area (Å²) in [6.07, 6.45) is 3.34. The first kappa shape index (κ1) is 52.0. The number of nitrogens with zero attached hydrogens (tertiary/aromatic N) is 6. The molecule has 0 spiro atoms. The van der Waals surface area contributed by atoms with Crippen molar-refractivity contribution in [3.05, 3.63) is 71.5 Å². The summed E-state index contributed by atoms with van der Waals surface area (Å²) >= 11 is 0. The maximum atomic E-state index is 14.8. The number of carbonyl (C=O) groups is 5. The monoisotopic (exact) mass is 987 g/mol. The molecular weight excluding hydrogens is 917 g/mol. The largest absolute Gasteiger partial charge is 0.508 e. The molecule has 2 aromatic heterocycles. The molecule has 17 heteroatoms. The number of benzene rings is 2. The molecule has 3 saturated heterocycles. The van der Waals surface area contributed by atoms with Crippen LogP contribution in [0.15, 0.2) is 54.7 Å². The number of likely N-dealkylation sites (N-methyl/N-ethyl adjacent to an activating group) is 1. The summed E-state index contributed by atoms with van der Waals surface area (Å²) in [6, 6.07) is 12.3. The van der Waals surface area contributed by atoms with Crippen LogP contribution in [0.2, 0.25) is 0 Å². The summed E-state index contributed by atoms with van der Waals surface area (Å²) in [7, 11) is 5.28. The molecule has 4 aromatic rings. The number of hydrogen-bond donors (Lipinski definition) is 3. The van der Waals surface area contributed by atoms with Crippen LogP contribution >= 0.6 is 0 Å². The Labute approximate surface area is 422 Å². The molecule has 5 atom stereocenters. The zero-order valence-corrected chi connectivity index (χ0v) is 43.0. The average Bonchev–Trinajstić information content (AvgIpc) is 3.97. The normalized spacial score (nSPS) is 21.6. The van der Waals surface area contributed by atoms with Crippen molar-refractivity contribution in [1.29, 1.82) is 0 Å². The number of hydrogen-bond acceptors (Lipinski definition) is 12. The number of pyridine rings is 1. The number of hydrazine groups is 1. The first-order valence-electron chi connectivity index (χ1n) is 25.2. The van der Waals surface area contributed by atoms with Gasteiger partial charge >= 0.3 is 5.97 Å². The molecule has 3 fully saturated rings. The van der Waals surface area contributed by atoms with Crippen molar-refractivity contribution in [3.63, 3.8) is 0 Å². The maximum absolute atomic E-state index is 14.8. The van der Waals surface area contributed by atoms with E-state index >= 15 is 0 Å². The number of aryl methyl sites for hydroxylation is 1. The Morgan fingerprint density at radius 3 is 2.56 bits per heavy atom. The van der Waals surface area contributed by atoms with Crippen LogP contribution in [0, 0.1) is 29.1 Å². The molecule has 1 unspecified atom stereocenters. The van der Waals surface area contributed by atoms with Gasteiger partial charge in [0.05, 0.1) is 49.8 Å². The third-order valence-corrected chi connectivity index (χ3v) is 14.6. The van der Waals surface area contributed by atoms with Crippen molar-refractivity contribution in [3.8, 4) is 40.0 Å². The van der Waals surface area contributed by atoms with E-state index in [1.807, 2.05) is 46.0 Å². The van der Waals surface area contributed by atoms with Gasteiger partial charge in [0.1, 0.15) is 23.9 Å². The van der Waals surface area contributed by atoms with Gasteiger partial charge in [0.15, 0.2) is 0 Å². The second-order valence-corrected chi connectivity index (χ2v) is 20.9. The smallest absolute Gasteiger partial charge is 0.324 e. The van der Waals surface area contributed by atoms with Gasteiger partial charge in [0.25, 0.3) is 11.8 Å². The van der Waals surface area contributed by atoms with Gasteiger partial charge in [-0.25, -0.2) is 5.43 Å². The Morgan fingerprint density at radius 2 is 1.81 bits per heavy atom. The molecule has 3 N–H and O–H groups in total. The van der Waals surface area contributed by atoms with Crippen LogP contribution in [-0.4, -0.2) is 155 Å². The highest BCUT2D eigenvalue weighted by Crippen LogP contribution is 2.42. The molecule has 6 heterocycles. The summed E-state index contributed by atoms with van der Waals surface area (Å²) in [5, 5.41) is 16.7. The lowest BCUT2D eigenvalue weighted by Crippen LogP contribution is -2.62. The highest BCUT2D eigenvalue weighted by molar-refractivity contribution is 5.97. The molecule has 6 bridgehead atoms. The lowest BCUT2D eigenvalue weighted by molar-refractivity contribution is -0.155. The molecule has 0 aliphatic carbocycles. The number of aromatic hydroxyl groups is 1. The zero-order chi connectivity index (χ0) is 51.4. The minimum Gasteiger partial charge on any atom is -0.508 e. The van der Waals surface area contributed by atoms with Crippen LogP contribution in [0.3, 0.4) is 0 Å². The van der Waals surface area contributed by atoms with E-state index in [0.29, 0.717) is 63.1 Å². The van der Waals surface area contributed by atoms with Crippen molar-refractivity contribution in [2.24, 2.45) is 24.3 Å². The molecule has 0 saturated carbocycles. The van der Waals surface area contributed by atoms with Crippen molar-refractivity contribution >= 4 is 40.5 Å². The minimum atomic E-state index is -1.18. The number of morpholine rings is 1. The van der Waals surface area contributed by atoms with E-state index in [2.05, 4.69) is 64.1 Å². The maximum Gasteiger partial charge on any atom is 0.324 e. The number of phenolic OH excluding ortho intramolecular Hbond substituents is 1. The number of amides is 4. The molecule has 384 valence electrons. The quantitative estimate of drug-likeness (QED) is 0.156. The summed E-state index contributed by atoms with van der Waals surface area (Å²) in [4.78, 5) is 80.6. The molecular formula is C55H70N8O9. The topological polar surface area (TPSA) is 188 Å². The summed E-state index contributed by atoms with van der Waals surface area (Å²) in [6.45, 7) is 13.9. The van der Waals surface area contributed by atoms with Crippen LogP contribution in [-0.2, 0) is 58.1 Å². The Kier molecular flexibility index (Phi) is 16.0. The van der Waals surface area contributed by atoms with E-state index < -0.39 is 47.2 Å². The number of rotatable bonds is 9. The first-order valence-corrected chi connectivity index (χ1v) is 25.2. The van der Waals surface area contributed by atoms with Gasteiger partial charge in [-0.05, 0) is 103 Å². The number of carbonyl (C=O) groups excluding carboxylic acids is 5. The van der Waals surface area contributed by atoms with Crippen molar-refractivity contribution < 1.29 is 43.3 Å². The Balaban J connectivity index is 1.10. The highest BCUT2D eigenvalue weighted by atomic mass is 16.5. The standard InChI is InChI=1S/C55H70N8O9/c1-34(2)49(60(7)52(67)38-17-21-62(32-38)47(65)14-11-19-61-22-24-71-25-23-61)51(66)57-45-28-36-26-39(29-40(64)27-36)37-15-16-46-42(30-37)43(50(59(46)6)41-12-9-18-56-48(41)35(3)70-8)31-55(4,5)33-72-54(69)44-13-10-20-63(58-44)53(45)68/h9,12,15-16,18,26-27,29-30,34-35,38,44-45,49,58,64H,10,13,17,19-25,28,31-33H2,1-8H3,(H,57,66)/t35-,38-,44-,45?,49-/m0/s1. The summed E-state index contributed by atoms with van der Waals surface area (Å²) in [5.41, 5.74) is 9.37. The number of aromatic nitrogens is 2. The molecule has 4 aliphatic heterocycles. The highest BCUT2D eigenvalue weighted by Gasteiger charge is 2.40. The van der Waals surface area contributed by atoms with E-state index in [4.69, 9.17) is 19.2 Å². The number of esters is 1. The van der Waals surface area contributed by atoms with Crippen molar-refractivity contribution in [2.45, 2.75) is 91.0 Å². The molecule has 4 amide bonds. The third kappa shape index (κ3) is 11.5. The van der Waals surface area contributed by atoms with Gasteiger partial charge < -0.3 is 39.0 Å². The fourth-order valence-electron chi connectivity index (χ4n) is 10.7. The summed E-state index contributed by atoms with van der Waals surface area (Å²) in [5.74, 6) is 2.65. The Morgan fingerprint density at radius 1 is 1.03 bits per heavy atom. The molecule has 72 heavy (non-hydrogen) atoms. The Hall–Kier alpha value is -6.32. The number of methoxy groups -OCH3 is 1. The van der Waals surface area contributed by atoms with E-state index in [9.17, 15) is 29.1 Å². The van der Waals surface area contributed by atoms with Gasteiger partial charge in [-0.1, -0.05) is 45.7 Å². The SMILES string of the molecule is CO[C@@H](C)c1ncccc1-c1c2c3cc(ccc3n1C)-c1cc(O)cc(c1)CC(NC(=O)[C@H](C(C)C)N(C)C(=O)[C@H]1CCN(C(=O)C#CCN3CCOCC3)C1)C(=O)N1CCC[C@H](N1)C(=O)OCC(C)(C)C2. The molecule has 0 radical (unpaired) electrons. The second kappa shape index (κ2) is 22.2. The number of fused-ring (bicyclic) bond motifs is 6. The number of nitrogens with one attached hydrogen (secondary N) is 2. The molecule has 8 rings (SSSR count). The number of likely N-dealkylation sites (tertiary alicyclic amines) is 1. The van der Waals surface area contributed by atoms with Crippen molar-refractivity contribution in [2.75, 3.05) is 73.2 Å². The third-order valence-electron chi connectivity index (χ3n) is 14.6. The van der Waals surface area contributed by atoms with Crippen LogP contribution < -0.4 is 10.7 Å². The molecule has 2 aromatic carbocycles. The van der Waals surface area contributed by atoms with Gasteiger partial charge in [0.2, 0.25) is 11.8 Å². The minimum absolute atomic E-state index is 0.0188. The van der Waals surface area contributed by atoms with Gasteiger partial charge in [-0.15, -0.1) is 0 Å². The fourth-order valence-corrected chi connectivity index (χ4v) is 10.7. The first-order chi connectivity index (χ1) is 34.4. The molecule has 17 nitrogen and oxygen atoms in total. The zero-order valence-electron chi connectivity index (χ0n) is 43.0. The fraction of sp³-hybridized carbons (Fsp3) is 0.527. The van der Waals surface area contributed by atoms with E-state index in [-0.39, 0.29) is 55.7 Å². The van der Waals surface area contributed by atoms with Crippen molar-refractivity contribution in [1.82, 2.24) is 40.0 Å². The lowest BCUT2D eigenvalue weighted by Gasteiger charge is -2.37. The average molecular weight is 987 g/mol. The number of phenols is 1. The van der Waals surface area contributed by atoms with Crippen LogP contribution in [0.1, 0.15) is 76.8 Å². The van der Waals surface area contributed by atoms with E-state index in [1.54, 1.807) is 37.4 Å². The van der Waals surface area contributed by atoms with Gasteiger partial charge in [-0.2, -0.15) is 0 Å². The van der Waals surface area contributed by atoms with E-state index in [0.717, 1.165) is 52.1 Å². The summed E-state index contributed by atoms with van der Waals surface area (Å²) < 4.78 is 19.5. The van der Waals surface area contributed by atoms with Gasteiger partial charge in [0, 0.05) is 88.4 Å². The Bertz CT molecular complexity index is 2750. The molecule has 4 aliphatic rings. The van der Waals surface area contributed by atoms with Crippen LogP contribution in [0.5, 0.6) is 5.75 Å². The predicted octanol–water partition coefficient (Wildman–Crippen LogP) is 4.64. The van der Waals surface area contributed by atoms with E-state index in [1.165, 1.54) is 9.91 Å². The predicted molar refractivity (Wildman–Crippen MR) is 272 cm³/mol. The number of cyclic esters (lactones) is 1. The lowest BCUT2D eigenvalue weighted by atomic mass is 9.84. The van der Waals surface area contributed by atoms with Gasteiger partial charge in [-0.3, -0.25) is 38.9 Å². The second-order valence-electron chi connectivity index (χ2n) is 20.9. The number of ether oxygens (including phenoxy) is 3.